The van der Waals surface area contributed by atoms with Crippen LogP contribution in [-0.2, 0) is 21.8 Å². The van der Waals surface area contributed by atoms with E-state index in [0.717, 1.165) is 6.42 Å². The normalized spacial score (nSPS) is 22.1. The number of rotatable bonds is 2. The summed E-state index contributed by atoms with van der Waals surface area (Å²) < 4.78 is 28.8. The summed E-state index contributed by atoms with van der Waals surface area (Å²) in [7, 11) is -2.20. The highest BCUT2D eigenvalue weighted by atomic mass is 32.2. The van der Waals surface area contributed by atoms with E-state index in [1.807, 2.05) is 0 Å². The number of aromatic nitrogens is 3. The molecule has 8 heteroatoms. The number of nitrogens with two attached hydrogens (primary N) is 1. The maximum absolute atomic E-state index is 11.1. The number of ether oxygens (including phenoxy) is 1. The molecule has 1 saturated heterocycles. The first-order chi connectivity index (χ1) is 7.00. The van der Waals surface area contributed by atoms with Crippen molar-refractivity contribution in [2.24, 2.45) is 12.2 Å². The van der Waals surface area contributed by atoms with Crippen LogP contribution in [0.15, 0.2) is 5.16 Å². The van der Waals surface area contributed by atoms with Crippen molar-refractivity contribution in [3.8, 4) is 0 Å². The van der Waals surface area contributed by atoms with Gasteiger partial charge < -0.3 is 9.30 Å². The maximum atomic E-state index is 11.1. The minimum Gasteiger partial charge on any atom is -0.381 e. The van der Waals surface area contributed by atoms with Crippen LogP contribution in [0.1, 0.15) is 18.2 Å². The van der Waals surface area contributed by atoms with Crippen LogP contribution < -0.4 is 5.14 Å². The van der Waals surface area contributed by atoms with Gasteiger partial charge in [0.1, 0.15) is 5.82 Å². The number of nitrogens with zero attached hydrogens (tertiary/aromatic N) is 3. The molecular formula is C7H12N4O3S. The zero-order valence-electron chi connectivity index (χ0n) is 8.25. The third-order valence-electron chi connectivity index (χ3n) is 2.42. The lowest BCUT2D eigenvalue weighted by molar-refractivity contribution is 0.192. The molecule has 1 aliphatic heterocycles. The Morgan fingerprint density at radius 1 is 1.53 bits per heavy atom. The van der Waals surface area contributed by atoms with Crippen LogP contribution in [0.4, 0.5) is 0 Å². The second-order valence-electron chi connectivity index (χ2n) is 3.51. The number of hydrogen-bond acceptors (Lipinski definition) is 5. The second kappa shape index (κ2) is 3.54. The van der Waals surface area contributed by atoms with E-state index in [0.29, 0.717) is 19.0 Å². The first-order valence-corrected chi connectivity index (χ1v) is 6.04. The Labute approximate surface area is 87.3 Å². The monoisotopic (exact) mass is 232 g/mol. The molecule has 0 aromatic carbocycles. The zero-order chi connectivity index (χ0) is 11.1. The van der Waals surface area contributed by atoms with Gasteiger partial charge in [0.05, 0.1) is 6.61 Å². The van der Waals surface area contributed by atoms with Crippen molar-refractivity contribution in [2.45, 2.75) is 17.5 Å². The summed E-state index contributed by atoms with van der Waals surface area (Å²) in [5.74, 6) is 0.717. The molecule has 1 aromatic heterocycles. The highest BCUT2D eigenvalue weighted by Crippen LogP contribution is 2.23. The Kier molecular flexibility index (Phi) is 2.49. The van der Waals surface area contributed by atoms with Crippen LogP contribution in [0.2, 0.25) is 0 Å². The third-order valence-corrected chi connectivity index (χ3v) is 3.28. The quantitative estimate of drug-likeness (QED) is 0.702. The molecular weight excluding hydrogens is 220 g/mol. The van der Waals surface area contributed by atoms with E-state index in [1.54, 1.807) is 7.05 Å². The molecule has 2 heterocycles. The molecule has 0 bridgehead atoms. The van der Waals surface area contributed by atoms with Gasteiger partial charge in [0.25, 0.3) is 15.2 Å². The molecule has 0 aliphatic carbocycles. The minimum atomic E-state index is -3.79. The average molecular weight is 232 g/mol. The van der Waals surface area contributed by atoms with Gasteiger partial charge in [0.2, 0.25) is 0 Å². The van der Waals surface area contributed by atoms with Gasteiger partial charge in [-0.15, -0.1) is 10.2 Å². The van der Waals surface area contributed by atoms with Crippen LogP contribution in [0.3, 0.4) is 0 Å². The molecule has 1 aromatic rings. The van der Waals surface area contributed by atoms with Crippen molar-refractivity contribution in [3.05, 3.63) is 5.82 Å². The molecule has 1 fully saturated rings. The van der Waals surface area contributed by atoms with E-state index >= 15 is 0 Å². The van der Waals surface area contributed by atoms with E-state index in [4.69, 9.17) is 9.88 Å². The van der Waals surface area contributed by atoms with Gasteiger partial charge in [0.15, 0.2) is 0 Å². The van der Waals surface area contributed by atoms with Crippen molar-refractivity contribution in [3.63, 3.8) is 0 Å². The highest BCUT2D eigenvalue weighted by Gasteiger charge is 2.26. The SMILES string of the molecule is Cn1c(C2CCOC2)nnc1S(N)(=O)=O. The lowest BCUT2D eigenvalue weighted by Crippen LogP contribution is -2.18. The number of sulfonamides is 1. The summed E-state index contributed by atoms with van der Waals surface area (Å²) in [6, 6.07) is 0. The first-order valence-electron chi connectivity index (χ1n) is 4.50. The van der Waals surface area contributed by atoms with Crippen LogP contribution in [-0.4, -0.2) is 36.4 Å². The molecule has 0 spiro atoms. The predicted molar refractivity (Wildman–Crippen MR) is 50.6 cm³/mol. The second-order valence-corrected chi connectivity index (χ2v) is 4.96. The summed E-state index contributed by atoms with van der Waals surface area (Å²) in [5, 5.41) is 12.2. The van der Waals surface area contributed by atoms with Crippen LogP contribution in [0.5, 0.6) is 0 Å². The van der Waals surface area contributed by atoms with E-state index < -0.39 is 10.0 Å². The van der Waals surface area contributed by atoms with Crippen molar-refractivity contribution >= 4 is 10.0 Å². The highest BCUT2D eigenvalue weighted by molar-refractivity contribution is 7.89. The summed E-state index contributed by atoms with van der Waals surface area (Å²) in [6.07, 6.45) is 0.830. The third kappa shape index (κ3) is 1.87. The molecule has 0 amide bonds. The summed E-state index contributed by atoms with van der Waals surface area (Å²) >= 11 is 0. The van der Waals surface area contributed by atoms with Gasteiger partial charge in [-0.3, -0.25) is 0 Å². The number of primary sulfonamides is 1. The van der Waals surface area contributed by atoms with Gasteiger partial charge in [0, 0.05) is 19.6 Å². The standard InChI is InChI=1S/C7H12N4O3S/c1-11-6(5-2-3-14-4-5)9-10-7(11)15(8,12)13/h5H,2-4H2,1H3,(H2,8,12,13). The summed E-state index contributed by atoms with van der Waals surface area (Å²) in [6.45, 7) is 1.22. The fraction of sp³-hybridized carbons (Fsp3) is 0.714. The fourth-order valence-corrected chi connectivity index (χ4v) is 2.30. The molecule has 0 radical (unpaired) electrons. The molecule has 84 valence electrons. The Hall–Kier alpha value is -0.990. The maximum Gasteiger partial charge on any atom is 0.273 e. The molecule has 2 N–H and O–H groups in total. The fourth-order valence-electron chi connectivity index (χ4n) is 1.67. The smallest absolute Gasteiger partial charge is 0.273 e. The molecule has 1 unspecified atom stereocenters. The number of hydrogen-bond donors (Lipinski definition) is 1. The first kappa shape index (κ1) is 10.5. The minimum absolute atomic E-state index is 0.109. The Bertz CT molecular complexity index is 461. The van der Waals surface area contributed by atoms with E-state index in [-0.39, 0.29) is 11.1 Å². The average Bonchev–Trinajstić information content (AvgIpc) is 2.69. The van der Waals surface area contributed by atoms with E-state index in [1.165, 1.54) is 4.57 Å². The zero-order valence-corrected chi connectivity index (χ0v) is 9.07. The largest absolute Gasteiger partial charge is 0.381 e. The van der Waals surface area contributed by atoms with Gasteiger partial charge in [-0.2, -0.15) is 0 Å². The van der Waals surface area contributed by atoms with Crippen LogP contribution in [0.25, 0.3) is 0 Å². The Morgan fingerprint density at radius 2 is 2.27 bits per heavy atom. The molecule has 15 heavy (non-hydrogen) atoms. The lowest BCUT2D eigenvalue weighted by Gasteiger charge is -2.06. The van der Waals surface area contributed by atoms with Gasteiger partial charge in [-0.05, 0) is 6.42 Å². The van der Waals surface area contributed by atoms with Crippen molar-refractivity contribution in [1.82, 2.24) is 14.8 Å². The molecule has 2 rings (SSSR count). The van der Waals surface area contributed by atoms with Crippen molar-refractivity contribution in [1.29, 1.82) is 0 Å². The summed E-state index contributed by atoms with van der Waals surface area (Å²) in [4.78, 5) is 0. The lowest BCUT2D eigenvalue weighted by atomic mass is 10.1. The van der Waals surface area contributed by atoms with Gasteiger partial charge in [-0.25, -0.2) is 13.6 Å². The molecule has 1 aliphatic rings. The van der Waals surface area contributed by atoms with Crippen molar-refractivity contribution < 1.29 is 13.2 Å². The van der Waals surface area contributed by atoms with Crippen molar-refractivity contribution in [2.75, 3.05) is 13.2 Å². The molecule has 0 saturated carbocycles. The predicted octanol–water partition coefficient (Wildman–Crippen LogP) is -1.03. The molecule has 7 nitrogen and oxygen atoms in total. The summed E-state index contributed by atoms with van der Waals surface area (Å²) in [5.41, 5.74) is 0. The molecule has 1 atom stereocenters. The van der Waals surface area contributed by atoms with Gasteiger partial charge >= 0.3 is 0 Å². The van der Waals surface area contributed by atoms with Crippen LogP contribution >= 0.6 is 0 Å². The van der Waals surface area contributed by atoms with Gasteiger partial charge in [-0.1, -0.05) is 0 Å². The Balaban J connectivity index is 2.39. The van der Waals surface area contributed by atoms with E-state index in [2.05, 4.69) is 10.2 Å². The topological polar surface area (TPSA) is 100 Å². The Morgan fingerprint density at radius 3 is 2.73 bits per heavy atom. The van der Waals surface area contributed by atoms with Crippen LogP contribution in [0, 0.1) is 0 Å². The van der Waals surface area contributed by atoms with E-state index in [9.17, 15) is 8.42 Å².